The normalized spacial score (nSPS) is 15.8. The van der Waals surface area contributed by atoms with Crippen LogP contribution in [0.15, 0.2) is 24.3 Å². The van der Waals surface area contributed by atoms with Crippen molar-refractivity contribution in [1.82, 2.24) is 9.80 Å². The molecule has 90 valence electrons. The Morgan fingerprint density at radius 1 is 1.18 bits per heavy atom. The second-order valence-corrected chi connectivity index (χ2v) is 4.02. The van der Waals surface area contributed by atoms with Gasteiger partial charge >= 0.3 is 0 Å². The Bertz CT molecular complexity index is 426. The third-order valence-corrected chi connectivity index (χ3v) is 2.94. The summed E-state index contributed by atoms with van der Waals surface area (Å²) in [5, 5.41) is 0. The zero-order valence-corrected chi connectivity index (χ0v) is 9.50. The summed E-state index contributed by atoms with van der Waals surface area (Å²) in [4.78, 5) is 26.1. The number of carbonyl (C=O) groups is 2. The Kier molecular flexibility index (Phi) is 3.27. The number of nitrogens with zero attached hydrogens (tertiary/aromatic N) is 2. The van der Waals surface area contributed by atoms with E-state index in [9.17, 15) is 9.59 Å². The van der Waals surface area contributed by atoms with Gasteiger partial charge in [0.15, 0.2) is 0 Å². The molecule has 17 heavy (non-hydrogen) atoms. The molecule has 2 rings (SSSR count). The van der Waals surface area contributed by atoms with Crippen LogP contribution in [0.3, 0.4) is 0 Å². The van der Waals surface area contributed by atoms with Crippen molar-refractivity contribution in [2.75, 3.05) is 31.9 Å². The molecule has 1 aromatic carbocycles. The topological polar surface area (TPSA) is 66.6 Å². The van der Waals surface area contributed by atoms with E-state index in [2.05, 4.69) is 0 Å². The molecule has 0 aromatic heterocycles. The van der Waals surface area contributed by atoms with Crippen molar-refractivity contribution in [1.29, 1.82) is 0 Å². The van der Waals surface area contributed by atoms with Gasteiger partial charge in [0.25, 0.3) is 5.91 Å². The van der Waals surface area contributed by atoms with Crippen molar-refractivity contribution >= 4 is 18.0 Å². The number of para-hydroxylation sites is 1. The predicted molar refractivity (Wildman–Crippen MR) is 64.4 cm³/mol. The van der Waals surface area contributed by atoms with Gasteiger partial charge in [0.1, 0.15) is 0 Å². The highest BCUT2D eigenvalue weighted by Gasteiger charge is 2.22. The number of hydrogen-bond acceptors (Lipinski definition) is 3. The summed E-state index contributed by atoms with van der Waals surface area (Å²) in [5.74, 6) is -0.0614. The molecule has 1 saturated heterocycles. The largest absolute Gasteiger partial charge is 0.398 e. The Morgan fingerprint density at radius 3 is 2.41 bits per heavy atom. The lowest BCUT2D eigenvalue weighted by atomic mass is 10.1. The van der Waals surface area contributed by atoms with E-state index in [4.69, 9.17) is 5.73 Å². The maximum Gasteiger partial charge on any atom is 0.256 e. The first-order valence-corrected chi connectivity index (χ1v) is 5.55. The number of rotatable bonds is 2. The van der Waals surface area contributed by atoms with Crippen LogP contribution in [0.2, 0.25) is 0 Å². The maximum absolute atomic E-state index is 12.2. The molecule has 0 saturated carbocycles. The van der Waals surface area contributed by atoms with Crippen LogP contribution < -0.4 is 5.73 Å². The molecule has 5 heteroatoms. The molecule has 0 aliphatic carbocycles. The monoisotopic (exact) mass is 233 g/mol. The summed E-state index contributed by atoms with van der Waals surface area (Å²) in [7, 11) is 0. The van der Waals surface area contributed by atoms with Gasteiger partial charge < -0.3 is 15.5 Å². The SMILES string of the molecule is Nc1ccccc1C(=O)N1CCN(C=O)CC1. The number of nitrogens with two attached hydrogens (primary N) is 1. The zero-order chi connectivity index (χ0) is 12.3. The summed E-state index contributed by atoms with van der Waals surface area (Å²) in [6.45, 7) is 2.29. The van der Waals surface area contributed by atoms with Gasteiger partial charge in [0.2, 0.25) is 6.41 Å². The number of piperazine rings is 1. The van der Waals surface area contributed by atoms with Crippen LogP contribution >= 0.6 is 0 Å². The maximum atomic E-state index is 12.2. The molecule has 1 aliphatic rings. The zero-order valence-electron chi connectivity index (χ0n) is 9.50. The molecule has 2 N–H and O–H groups in total. The van der Waals surface area contributed by atoms with E-state index in [1.807, 2.05) is 0 Å². The van der Waals surface area contributed by atoms with Crippen LogP contribution in [0.25, 0.3) is 0 Å². The first-order chi connectivity index (χ1) is 8.22. The third-order valence-electron chi connectivity index (χ3n) is 2.94. The lowest BCUT2D eigenvalue weighted by Gasteiger charge is -2.32. The molecule has 2 amide bonds. The van der Waals surface area contributed by atoms with Gasteiger partial charge in [-0.3, -0.25) is 9.59 Å². The van der Waals surface area contributed by atoms with E-state index < -0.39 is 0 Å². The fraction of sp³-hybridized carbons (Fsp3) is 0.333. The molecular formula is C12H15N3O2. The van der Waals surface area contributed by atoms with Crippen molar-refractivity contribution in [2.45, 2.75) is 0 Å². The molecule has 1 heterocycles. The van der Waals surface area contributed by atoms with Gasteiger partial charge in [0, 0.05) is 31.9 Å². The minimum absolute atomic E-state index is 0.0614. The van der Waals surface area contributed by atoms with Crippen LogP contribution in [0, 0.1) is 0 Å². The molecular weight excluding hydrogens is 218 g/mol. The fourth-order valence-corrected chi connectivity index (χ4v) is 1.89. The van der Waals surface area contributed by atoms with Crippen molar-refractivity contribution in [3.8, 4) is 0 Å². The molecule has 0 spiro atoms. The van der Waals surface area contributed by atoms with Gasteiger partial charge in [0.05, 0.1) is 5.56 Å². The van der Waals surface area contributed by atoms with E-state index in [0.717, 1.165) is 6.41 Å². The Balaban J connectivity index is 2.07. The number of carbonyl (C=O) groups excluding carboxylic acids is 2. The van der Waals surface area contributed by atoms with E-state index in [0.29, 0.717) is 37.4 Å². The molecule has 1 aliphatic heterocycles. The van der Waals surface area contributed by atoms with Gasteiger partial charge in [-0.2, -0.15) is 0 Å². The average molecular weight is 233 g/mol. The van der Waals surface area contributed by atoms with Crippen molar-refractivity contribution in [3.05, 3.63) is 29.8 Å². The van der Waals surface area contributed by atoms with Gasteiger partial charge in [-0.25, -0.2) is 0 Å². The summed E-state index contributed by atoms with van der Waals surface area (Å²) < 4.78 is 0. The summed E-state index contributed by atoms with van der Waals surface area (Å²) in [6.07, 6.45) is 0.818. The van der Waals surface area contributed by atoms with Crippen LogP contribution in [-0.4, -0.2) is 48.3 Å². The highest BCUT2D eigenvalue weighted by atomic mass is 16.2. The summed E-state index contributed by atoms with van der Waals surface area (Å²) in [6, 6.07) is 7.04. The second-order valence-electron chi connectivity index (χ2n) is 4.02. The first kappa shape index (κ1) is 11.4. The van der Waals surface area contributed by atoms with Crippen LogP contribution in [-0.2, 0) is 4.79 Å². The molecule has 0 atom stereocenters. The molecule has 0 bridgehead atoms. The number of hydrogen-bond donors (Lipinski definition) is 1. The number of nitrogen functional groups attached to an aromatic ring is 1. The fourth-order valence-electron chi connectivity index (χ4n) is 1.89. The lowest BCUT2D eigenvalue weighted by molar-refractivity contribution is -0.119. The van der Waals surface area contributed by atoms with Crippen molar-refractivity contribution in [3.63, 3.8) is 0 Å². The van der Waals surface area contributed by atoms with E-state index in [1.165, 1.54) is 0 Å². The number of benzene rings is 1. The van der Waals surface area contributed by atoms with E-state index in [1.54, 1.807) is 34.1 Å². The second kappa shape index (κ2) is 4.86. The van der Waals surface area contributed by atoms with Crippen molar-refractivity contribution < 1.29 is 9.59 Å². The first-order valence-electron chi connectivity index (χ1n) is 5.55. The minimum atomic E-state index is -0.0614. The molecule has 0 unspecified atom stereocenters. The Hall–Kier alpha value is -2.04. The van der Waals surface area contributed by atoms with Crippen molar-refractivity contribution in [2.24, 2.45) is 0 Å². The molecule has 1 fully saturated rings. The van der Waals surface area contributed by atoms with Gasteiger partial charge in [-0.1, -0.05) is 12.1 Å². The number of anilines is 1. The van der Waals surface area contributed by atoms with Crippen LogP contribution in [0.1, 0.15) is 10.4 Å². The lowest BCUT2D eigenvalue weighted by Crippen LogP contribution is -2.48. The summed E-state index contributed by atoms with van der Waals surface area (Å²) >= 11 is 0. The van der Waals surface area contributed by atoms with Crippen LogP contribution in [0.4, 0.5) is 5.69 Å². The minimum Gasteiger partial charge on any atom is -0.398 e. The van der Waals surface area contributed by atoms with E-state index >= 15 is 0 Å². The third kappa shape index (κ3) is 2.38. The highest BCUT2D eigenvalue weighted by molar-refractivity contribution is 5.99. The quantitative estimate of drug-likeness (QED) is 0.585. The number of amides is 2. The predicted octanol–water partition coefficient (Wildman–Crippen LogP) is 0.183. The van der Waals surface area contributed by atoms with Crippen LogP contribution in [0.5, 0.6) is 0 Å². The molecule has 1 aromatic rings. The highest BCUT2D eigenvalue weighted by Crippen LogP contribution is 2.14. The molecule has 5 nitrogen and oxygen atoms in total. The standard InChI is InChI=1S/C12H15N3O2/c13-11-4-2-1-3-10(11)12(17)15-7-5-14(9-16)6-8-15/h1-4,9H,5-8,13H2. The molecule has 0 radical (unpaired) electrons. The van der Waals surface area contributed by atoms with Gasteiger partial charge in [-0.05, 0) is 12.1 Å². The summed E-state index contributed by atoms with van der Waals surface area (Å²) in [5.41, 5.74) is 6.80. The Labute approximate surface area is 99.8 Å². The smallest absolute Gasteiger partial charge is 0.256 e. The van der Waals surface area contributed by atoms with E-state index in [-0.39, 0.29) is 5.91 Å². The average Bonchev–Trinajstić information content (AvgIpc) is 2.39. The van der Waals surface area contributed by atoms with Gasteiger partial charge in [-0.15, -0.1) is 0 Å². The Morgan fingerprint density at radius 2 is 1.82 bits per heavy atom.